The van der Waals surface area contributed by atoms with Crippen LogP contribution in [0.1, 0.15) is 22.0 Å². The summed E-state index contributed by atoms with van der Waals surface area (Å²) in [5.41, 5.74) is 0.864. The highest BCUT2D eigenvalue weighted by molar-refractivity contribution is 6.30. The number of halogens is 1. The van der Waals surface area contributed by atoms with Crippen LogP contribution in [0.3, 0.4) is 0 Å². The van der Waals surface area contributed by atoms with Crippen molar-refractivity contribution in [1.82, 2.24) is 5.32 Å². The minimum absolute atomic E-state index is 0.000723. The van der Waals surface area contributed by atoms with Crippen LogP contribution in [0.2, 0.25) is 5.02 Å². The lowest BCUT2D eigenvalue weighted by atomic mass is 10.1. The third kappa shape index (κ3) is 4.03. The van der Waals surface area contributed by atoms with Gasteiger partial charge < -0.3 is 10.4 Å². The molecule has 6 nitrogen and oxygen atoms in total. The highest BCUT2D eigenvalue weighted by Gasteiger charge is 2.12. The fourth-order valence-electron chi connectivity index (χ4n) is 1.83. The maximum atomic E-state index is 11.9. The van der Waals surface area contributed by atoms with Crippen LogP contribution in [0.25, 0.3) is 0 Å². The van der Waals surface area contributed by atoms with E-state index in [1.165, 1.54) is 24.3 Å². The van der Waals surface area contributed by atoms with E-state index in [0.29, 0.717) is 16.1 Å². The zero-order chi connectivity index (χ0) is 16.1. The van der Waals surface area contributed by atoms with E-state index < -0.39 is 11.0 Å². The first-order valence-electron chi connectivity index (χ1n) is 6.43. The number of benzene rings is 2. The van der Waals surface area contributed by atoms with Crippen molar-refractivity contribution in [3.63, 3.8) is 0 Å². The average Bonchev–Trinajstić information content (AvgIpc) is 2.53. The Morgan fingerprint density at radius 1 is 1.18 bits per heavy atom. The van der Waals surface area contributed by atoms with Crippen LogP contribution >= 0.6 is 11.6 Å². The van der Waals surface area contributed by atoms with E-state index in [2.05, 4.69) is 5.32 Å². The Balaban J connectivity index is 1.94. The lowest BCUT2D eigenvalue weighted by molar-refractivity contribution is -0.384. The summed E-state index contributed by atoms with van der Waals surface area (Å²) in [7, 11) is 0. The van der Waals surface area contributed by atoms with Crippen molar-refractivity contribution in [3.05, 3.63) is 74.8 Å². The summed E-state index contributed by atoms with van der Waals surface area (Å²) in [6.45, 7) is -0.000723. The lowest BCUT2D eigenvalue weighted by Crippen LogP contribution is -2.28. The predicted molar refractivity (Wildman–Crippen MR) is 81.8 cm³/mol. The van der Waals surface area contributed by atoms with Crippen LogP contribution in [0.4, 0.5) is 5.69 Å². The molecule has 0 unspecified atom stereocenters. The largest absolute Gasteiger partial charge is 0.387 e. The van der Waals surface area contributed by atoms with Crippen LogP contribution in [0.15, 0.2) is 48.5 Å². The van der Waals surface area contributed by atoms with Gasteiger partial charge in [0.15, 0.2) is 0 Å². The van der Waals surface area contributed by atoms with E-state index in [-0.39, 0.29) is 18.1 Å². The molecule has 0 spiro atoms. The van der Waals surface area contributed by atoms with Gasteiger partial charge in [-0.15, -0.1) is 0 Å². The fourth-order valence-corrected chi connectivity index (χ4v) is 1.95. The van der Waals surface area contributed by atoms with Crippen LogP contribution in [0.5, 0.6) is 0 Å². The van der Waals surface area contributed by atoms with Gasteiger partial charge in [0.25, 0.3) is 11.6 Å². The number of carbonyl (C=O) groups excluding carboxylic acids is 1. The number of nitro groups is 1. The molecule has 2 N–H and O–H groups in total. The molecule has 1 atom stereocenters. The molecular weight excluding hydrogens is 308 g/mol. The summed E-state index contributed by atoms with van der Waals surface area (Å²) >= 11 is 5.74. The smallest absolute Gasteiger partial charge is 0.269 e. The van der Waals surface area contributed by atoms with Crippen molar-refractivity contribution in [2.24, 2.45) is 0 Å². The molecule has 0 aliphatic heterocycles. The molecule has 0 fully saturated rings. The van der Waals surface area contributed by atoms with Gasteiger partial charge in [-0.05, 0) is 42.0 Å². The van der Waals surface area contributed by atoms with Gasteiger partial charge in [0, 0.05) is 29.3 Å². The molecule has 22 heavy (non-hydrogen) atoms. The number of rotatable bonds is 5. The topological polar surface area (TPSA) is 92.5 Å². The Morgan fingerprint density at radius 3 is 2.32 bits per heavy atom. The van der Waals surface area contributed by atoms with Crippen molar-refractivity contribution in [3.8, 4) is 0 Å². The molecule has 0 aromatic heterocycles. The first-order chi connectivity index (χ1) is 10.5. The summed E-state index contributed by atoms with van der Waals surface area (Å²) in [6.07, 6.45) is -0.947. The van der Waals surface area contributed by atoms with Gasteiger partial charge in [-0.1, -0.05) is 11.6 Å². The van der Waals surface area contributed by atoms with E-state index in [1.807, 2.05) is 0 Å². The molecule has 0 aliphatic carbocycles. The van der Waals surface area contributed by atoms with Gasteiger partial charge in [-0.3, -0.25) is 14.9 Å². The summed E-state index contributed by atoms with van der Waals surface area (Å²) in [5, 5.41) is 23.7. The van der Waals surface area contributed by atoms with E-state index in [0.717, 1.165) is 0 Å². The van der Waals surface area contributed by atoms with Crippen LogP contribution < -0.4 is 5.32 Å². The third-order valence-corrected chi connectivity index (χ3v) is 3.30. The molecule has 0 aliphatic rings. The first-order valence-corrected chi connectivity index (χ1v) is 6.81. The highest BCUT2D eigenvalue weighted by atomic mass is 35.5. The fraction of sp³-hybridized carbons (Fsp3) is 0.133. The Kier molecular flexibility index (Phi) is 5.08. The third-order valence-electron chi connectivity index (χ3n) is 3.05. The van der Waals surface area contributed by atoms with Crippen molar-refractivity contribution >= 4 is 23.2 Å². The van der Waals surface area contributed by atoms with E-state index >= 15 is 0 Å². The predicted octanol–water partition coefficient (Wildman–Crippen LogP) is 2.71. The maximum absolute atomic E-state index is 11.9. The van der Waals surface area contributed by atoms with Gasteiger partial charge in [0.1, 0.15) is 0 Å². The van der Waals surface area contributed by atoms with Crippen LogP contribution in [-0.2, 0) is 0 Å². The van der Waals surface area contributed by atoms with Crippen LogP contribution in [-0.4, -0.2) is 22.5 Å². The van der Waals surface area contributed by atoms with E-state index in [4.69, 9.17) is 11.6 Å². The van der Waals surface area contributed by atoms with Crippen LogP contribution in [0, 0.1) is 10.1 Å². The lowest BCUT2D eigenvalue weighted by Gasteiger charge is -2.12. The minimum atomic E-state index is -0.947. The van der Waals surface area contributed by atoms with Gasteiger partial charge >= 0.3 is 0 Å². The Labute approximate surface area is 131 Å². The molecule has 0 bridgehead atoms. The molecule has 0 heterocycles. The highest BCUT2D eigenvalue weighted by Crippen LogP contribution is 2.17. The van der Waals surface area contributed by atoms with Gasteiger partial charge in [-0.2, -0.15) is 0 Å². The average molecular weight is 321 g/mol. The molecule has 2 aromatic carbocycles. The molecule has 7 heteroatoms. The summed E-state index contributed by atoms with van der Waals surface area (Å²) in [4.78, 5) is 21.9. The summed E-state index contributed by atoms with van der Waals surface area (Å²) in [6, 6.07) is 11.9. The second-order valence-electron chi connectivity index (χ2n) is 4.58. The van der Waals surface area contributed by atoms with Crippen molar-refractivity contribution < 1.29 is 14.8 Å². The van der Waals surface area contributed by atoms with Crippen molar-refractivity contribution in [2.75, 3.05) is 6.54 Å². The van der Waals surface area contributed by atoms with Gasteiger partial charge in [-0.25, -0.2) is 0 Å². The monoisotopic (exact) mass is 320 g/mol. The number of hydrogen-bond acceptors (Lipinski definition) is 4. The molecule has 114 valence electrons. The second-order valence-corrected chi connectivity index (χ2v) is 5.02. The molecule has 0 saturated heterocycles. The number of non-ortho nitro benzene ring substituents is 1. The standard InChI is InChI=1S/C15H13ClN2O4/c16-12-5-1-11(2-6-12)15(20)17-9-14(19)10-3-7-13(8-4-10)18(21)22/h1-8,14,19H,9H2,(H,17,20)/t14-/m1/s1. The molecule has 0 saturated carbocycles. The molecular formula is C15H13ClN2O4. The molecule has 2 aromatic rings. The SMILES string of the molecule is O=C(NC[C@@H](O)c1ccc([N+](=O)[O-])cc1)c1ccc(Cl)cc1. The number of aliphatic hydroxyl groups excluding tert-OH is 1. The van der Waals surface area contributed by atoms with E-state index in [9.17, 15) is 20.0 Å². The van der Waals surface area contributed by atoms with E-state index in [1.54, 1.807) is 24.3 Å². The molecule has 1 amide bonds. The second kappa shape index (κ2) is 7.02. The van der Waals surface area contributed by atoms with Crippen molar-refractivity contribution in [1.29, 1.82) is 0 Å². The first kappa shape index (κ1) is 15.9. The molecule has 0 radical (unpaired) electrons. The number of amides is 1. The number of nitrogens with one attached hydrogen (secondary N) is 1. The number of carbonyl (C=O) groups is 1. The maximum Gasteiger partial charge on any atom is 0.269 e. The quantitative estimate of drug-likeness (QED) is 0.654. The van der Waals surface area contributed by atoms with Crippen molar-refractivity contribution in [2.45, 2.75) is 6.10 Å². The molecule has 2 rings (SSSR count). The Hall–Kier alpha value is -2.44. The minimum Gasteiger partial charge on any atom is -0.387 e. The van der Waals surface area contributed by atoms with Gasteiger partial charge in [0.05, 0.1) is 11.0 Å². The zero-order valence-electron chi connectivity index (χ0n) is 11.4. The zero-order valence-corrected chi connectivity index (χ0v) is 12.2. The number of hydrogen-bond donors (Lipinski definition) is 2. The Bertz CT molecular complexity index is 671. The Morgan fingerprint density at radius 2 is 1.77 bits per heavy atom. The number of nitro benzene ring substituents is 1. The summed E-state index contributed by atoms with van der Waals surface area (Å²) in [5.74, 6) is -0.336. The normalized spacial score (nSPS) is 11.7. The van der Waals surface area contributed by atoms with Gasteiger partial charge in [0.2, 0.25) is 0 Å². The number of nitrogens with zero attached hydrogens (tertiary/aromatic N) is 1. The number of aliphatic hydroxyl groups is 1. The summed E-state index contributed by atoms with van der Waals surface area (Å²) < 4.78 is 0.